The van der Waals surface area contributed by atoms with Crippen LogP contribution < -0.4 is 10.9 Å². The van der Waals surface area contributed by atoms with Crippen LogP contribution in [0.4, 0.5) is 16.0 Å². The number of aromatic nitrogens is 4. The van der Waals surface area contributed by atoms with Gasteiger partial charge >= 0.3 is 0 Å². The SMILES string of the molecule is O=c1cc(-c2ccnc(Nc3ccncc3O)n2)ccn1C(CO)c1ccc(Cl)c(F)c1. The van der Waals surface area contributed by atoms with Crippen molar-refractivity contribution in [1.82, 2.24) is 19.5 Å². The number of rotatable bonds is 6. The Kier molecular flexibility index (Phi) is 6.11. The number of pyridine rings is 2. The van der Waals surface area contributed by atoms with E-state index in [1.54, 1.807) is 24.3 Å². The summed E-state index contributed by atoms with van der Waals surface area (Å²) in [4.78, 5) is 25.1. The molecule has 0 saturated carbocycles. The predicted octanol–water partition coefficient (Wildman–Crippen LogP) is 3.52. The normalized spacial score (nSPS) is 11.8. The minimum absolute atomic E-state index is 0.0404. The van der Waals surface area contributed by atoms with E-state index in [2.05, 4.69) is 20.3 Å². The minimum atomic E-state index is -0.777. The maximum atomic E-state index is 13.9. The van der Waals surface area contributed by atoms with Gasteiger partial charge in [0, 0.05) is 30.2 Å². The Morgan fingerprint density at radius 2 is 2.00 bits per heavy atom. The van der Waals surface area contributed by atoms with E-state index in [0.29, 0.717) is 22.5 Å². The lowest BCUT2D eigenvalue weighted by Gasteiger charge is -2.18. The first-order chi connectivity index (χ1) is 15.5. The zero-order chi connectivity index (χ0) is 22.7. The van der Waals surface area contributed by atoms with Gasteiger partial charge in [-0.05, 0) is 35.9 Å². The number of aliphatic hydroxyl groups excluding tert-OH is 1. The van der Waals surface area contributed by atoms with Gasteiger partial charge in [0.05, 0.1) is 35.2 Å². The van der Waals surface area contributed by atoms with Gasteiger partial charge in [-0.1, -0.05) is 17.7 Å². The molecule has 1 unspecified atom stereocenters. The van der Waals surface area contributed by atoms with E-state index < -0.39 is 24.0 Å². The fourth-order valence-electron chi connectivity index (χ4n) is 3.17. The van der Waals surface area contributed by atoms with Gasteiger partial charge in [0.25, 0.3) is 5.56 Å². The van der Waals surface area contributed by atoms with Crippen LogP contribution in [0.15, 0.2) is 72.0 Å². The lowest BCUT2D eigenvalue weighted by molar-refractivity contribution is 0.247. The highest BCUT2D eigenvalue weighted by atomic mass is 35.5. The molecule has 1 atom stereocenters. The van der Waals surface area contributed by atoms with E-state index in [-0.39, 0.29) is 16.7 Å². The van der Waals surface area contributed by atoms with E-state index in [0.717, 1.165) is 0 Å². The molecule has 0 aliphatic heterocycles. The van der Waals surface area contributed by atoms with Crippen molar-refractivity contribution < 1.29 is 14.6 Å². The Labute approximate surface area is 186 Å². The van der Waals surface area contributed by atoms with Gasteiger partial charge in [-0.25, -0.2) is 14.4 Å². The van der Waals surface area contributed by atoms with Gasteiger partial charge in [0.15, 0.2) is 5.75 Å². The minimum Gasteiger partial charge on any atom is -0.504 e. The molecule has 0 aliphatic carbocycles. The standard InChI is InChI=1S/C22H17ClFN5O3/c23-15-2-1-14(9-16(15)24)19(12-30)29-8-5-13(10-21(29)32)17-4-7-26-22(27-17)28-18-3-6-25-11-20(18)31/h1-11,19,30-31H,12H2,(H,25,26,27,28). The molecule has 8 nitrogen and oxygen atoms in total. The van der Waals surface area contributed by atoms with Crippen molar-refractivity contribution in [3.05, 3.63) is 94.0 Å². The number of anilines is 2. The highest BCUT2D eigenvalue weighted by Crippen LogP contribution is 2.25. The molecule has 0 saturated heterocycles. The van der Waals surface area contributed by atoms with E-state index in [1.807, 2.05) is 0 Å². The average molecular weight is 454 g/mol. The highest BCUT2D eigenvalue weighted by Gasteiger charge is 2.16. The summed E-state index contributed by atoms with van der Waals surface area (Å²) in [6.45, 7) is -0.405. The second kappa shape index (κ2) is 9.13. The van der Waals surface area contributed by atoms with Crippen LogP contribution in [0.2, 0.25) is 5.02 Å². The quantitative estimate of drug-likeness (QED) is 0.409. The first-order valence-electron chi connectivity index (χ1n) is 9.47. The van der Waals surface area contributed by atoms with Crippen molar-refractivity contribution in [2.45, 2.75) is 6.04 Å². The van der Waals surface area contributed by atoms with E-state index in [9.17, 15) is 19.4 Å². The molecule has 3 N–H and O–H groups in total. The zero-order valence-corrected chi connectivity index (χ0v) is 17.2. The summed E-state index contributed by atoms with van der Waals surface area (Å²) in [6.07, 6.45) is 5.82. The molecule has 1 aromatic carbocycles. The van der Waals surface area contributed by atoms with Crippen molar-refractivity contribution >= 4 is 23.2 Å². The van der Waals surface area contributed by atoms with Crippen molar-refractivity contribution in [2.24, 2.45) is 0 Å². The van der Waals surface area contributed by atoms with Gasteiger partial charge in [-0.3, -0.25) is 9.78 Å². The average Bonchev–Trinajstić information content (AvgIpc) is 2.79. The molecule has 162 valence electrons. The molecule has 0 bridgehead atoms. The summed E-state index contributed by atoms with van der Waals surface area (Å²) >= 11 is 5.73. The van der Waals surface area contributed by atoms with Gasteiger partial charge in [-0.2, -0.15) is 0 Å². The number of nitrogens with one attached hydrogen (secondary N) is 1. The Hall–Kier alpha value is -3.82. The monoisotopic (exact) mass is 453 g/mol. The number of hydrogen-bond acceptors (Lipinski definition) is 7. The van der Waals surface area contributed by atoms with E-state index >= 15 is 0 Å². The number of aliphatic hydroxyl groups is 1. The Balaban J connectivity index is 1.64. The number of benzene rings is 1. The van der Waals surface area contributed by atoms with Gasteiger partial charge in [0.2, 0.25) is 5.95 Å². The van der Waals surface area contributed by atoms with Crippen LogP contribution in [0.5, 0.6) is 5.75 Å². The Morgan fingerprint density at radius 3 is 2.72 bits per heavy atom. The Morgan fingerprint density at radius 1 is 1.16 bits per heavy atom. The van der Waals surface area contributed by atoms with Gasteiger partial charge in [0.1, 0.15) is 5.82 Å². The first kappa shape index (κ1) is 21.4. The van der Waals surface area contributed by atoms with Crippen LogP contribution in [0.25, 0.3) is 11.3 Å². The molecule has 4 aromatic rings. The van der Waals surface area contributed by atoms with Crippen molar-refractivity contribution in [2.75, 3.05) is 11.9 Å². The summed E-state index contributed by atoms with van der Waals surface area (Å²) in [6, 6.07) is 9.59. The molecule has 0 fully saturated rings. The van der Waals surface area contributed by atoms with Crippen LogP contribution in [0.3, 0.4) is 0 Å². The van der Waals surface area contributed by atoms with Crippen LogP contribution in [-0.2, 0) is 0 Å². The van der Waals surface area contributed by atoms with Crippen molar-refractivity contribution in [3.8, 4) is 17.0 Å². The number of halogens is 2. The third kappa shape index (κ3) is 4.43. The fourth-order valence-corrected chi connectivity index (χ4v) is 3.29. The fraction of sp³-hybridized carbons (Fsp3) is 0.0909. The summed E-state index contributed by atoms with van der Waals surface area (Å²) in [7, 11) is 0. The summed E-state index contributed by atoms with van der Waals surface area (Å²) in [5.41, 5.74) is 1.38. The smallest absolute Gasteiger partial charge is 0.251 e. The maximum Gasteiger partial charge on any atom is 0.251 e. The number of aromatic hydroxyl groups is 1. The predicted molar refractivity (Wildman–Crippen MR) is 118 cm³/mol. The van der Waals surface area contributed by atoms with E-state index in [4.69, 9.17) is 11.6 Å². The summed E-state index contributed by atoms with van der Waals surface area (Å²) in [5.74, 6) is -0.468. The van der Waals surface area contributed by atoms with Gasteiger partial charge in [-0.15, -0.1) is 0 Å². The highest BCUT2D eigenvalue weighted by molar-refractivity contribution is 6.30. The van der Waals surface area contributed by atoms with Crippen molar-refractivity contribution in [1.29, 1.82) is 0 Å². The maximum absolute atomic E-state index is 13.9. The van der Waals surface area contributed by atoms with Crippen molar-refractivity contribution in [3.63, 3.8) is 0 Å². The molecular formula is C22H17ClFN5O3. The molecule has 10 heteroatoms. The lowest BCUT2D eigenvalue weighted by Crippen LogP contribution is -2.27. The molecule has 32 heavy (non-hydrogen) atoms. The lowest BCUT2D eigenvalue weighted by atomic mass is 10.1. The molecule has 0 aliphatic rings. The van der Waals surface area contributed by atoms with Crippen LogP contribution in [0.1, 0.15) is 11.6 Å². The molecule has 4 rings (SSSR count). The zero-order valence-electron chi connectivity index (χ0n) is 16.5. The third-order valence-electron chi connectivity index (χ3n) is 4.78. The van der Waals surface area contributed by atoms with Gasteiger partial charge < -0.3 is 20.1 Å². The first-order valence-corrected chi connectivity index (χ1v) is 9.85. The number of nitrogens with zero attached hydrogens (tertiary/aromatic N) is 4. The molecule has 3 heterocycles. The second-order valence-corrected chi connectivity index (χ2v) is 7.22. The van der Waals surface area contributed by atoms with Crippen LogP contribution in [-0.4, -0.2) is 36.3 Å². The van der Waals surface area contributed by atoms with Crippen LogP contribution >= 0.6 is 11.6 Å². The van der Waals surface area contributed by atoms with Crippen LogP contribution in [0, 0.1) is 5.82 Å². The molecular weight excluding hydrogens is 437 g/mol. The summed E-state index contributed by atoms with van der Waals surface area (Å²) < 4.78 is 15.2. The molecule has 0 amide bonds. The Bertz CT molecular complexity index is 1330. The molecule has 0 radical (unpaired) electrons. The largest absolute Gasteiger partial charge is 0.504 e. The topological polar surface area (TPSA) is 113 Å². The third-order valence-corrected chi connectivity index (χ3v) is 5.09. The summed E-state index contributed by atoms with van der Waals surface area (Å²) in [5, 5.41) is 22.5. The van der Waals surface area contributed by atoms with E-state index in [1.165, 1.54) is 47.6 Å². The number of hydrogen-bond donors (Lipinski definition) is 3. The second-order valence-electron chi connectivity index (χ2n) is 6.82. The molecule has 0 spiro atoms. The molecule has 3 aromatic heterocycles.